The van der Waals surface area contributed by atoms with Gasteiger partial charge in [0.1, 0.15) is 6.10 Å². The third kappa shape index (κ3) is 3.53. The van der Waals surface area contributed by atoms with E-state index in [-0.39, 0.29) is 12.2 Å². The van der Waals surface area contributed by atoms with E-state index in [0.29, 0.717) is 13.2 Å². The van der Waals surface area contributed by atoms with Crippen molar-refractivity contribution in [2.24, 2.45) is 0 Å². The molecule has 2 rings (SSSR count). The quantitative estimate of drug-likeness (QED) is 0.804. The van der Waals surface area contributed by atoms with Crippen molar-refractivity contribution in [3.8, 4) is 0 Å². The molecule has 17 heavy (non-hydrogen) atoms. The van der Waals surface area contributed by atoms with E-state index >= 15 is 0 Å². The second kappa shape index (κ2) is 5.17. The number of rotatable bonds is 4. The van der Waals surface area contributed by atoms with Crippen LogP contribution in [0.2, 0.25) is 0 Å². The van der Waals surface area contributed by atoms with Gasteiger partial charge in [-0.05, 0) is 26.3 Å². The molecule has 0 spiro atoms. The van der Waals surface area contributed by atoms with E-state index in [4.69, 9.17) is 14.2 Å². The van der Waals surface area contributed by atoms with E-state index in [0.717, 1.165) is 0 Å². The zero-order valence-electron chi connectivity index (χ0n) is 10.7. The van der Waals surface area contributed by atoms with Crippen LogP contribution >= 0.6 is 0 Å². The summed E-state index contributed by atoms with van der Waals surface area (Å²) in [4.78, 5) is 0. The Balaban J connectivity index is 1.80. The molecule has 0 N–H and O–H groups in total. The highest BCUT2D eigenvalue weighted by molar-refractivity contribution is 5.13. The average molecular weight is 236 g/mol. The summed E-state index contributed by atoms with van der Waals surface area (Å²) in [5, 5.41) is 0. The van der Waals surface area contributed by atoms with Crippen molar-refractivity contribution in [1.29, 1.82) is 0 Å². The molecule has 3 nitrogen and oxygen atoms in total. The van der Waals surface area contributed by atoms with E-state index in [1.807, 2.05) is 39.0 Å². The smallest absolute Gasteiger partial charge is 0.163 e. The van der Waals surface area contributed by atoms with Gasteiger partial charge in [-0.3, -0.25) is 0 Å². The molecule has 1 aliphatic heterocycles. The summed E-state index contributed by atoms with van der Waals surface area (Å²) in [6.45, 7) is 7.09. The molecule has 1 aliphatic rings. The zero-order chi connectivity index (χ0) is 12.3. The van der Waals surface area contributed by atoms with E-state index in [1.54, 1.807) is 0 Å². The van der Waals surface area contributed by atoms with Crippen LogP contribution in [-0.2, 0) is 20.8 Å². The molecule has 0 radical (unpaired) electrons. The standard InChI is InChI=1S/C14H20O3/c1-11(13-10-16-14(2,3)17-13)15-9-12-7-5-4-6-8-12/h4-8,11,13H,9-10H2,1-3H3/t11-,13+/m1/s1. The highest BCUT2D eigenvalue weighted by Crippen LogP contribution is 2.25. The van der Waals surface area contributed by atoms with E-state index in [9.17, 15) is 0 Å². The molecule has 3 heteroatoms. The molecule has 1 aromatic carbocycles. The van der Waals surface area contributed by atoms with Crippen LogP contribution in [0.1, 0.15) is 26.3 Å². The Morgan fingerprint density at radius 3 is 2.65 bits per heavy atom. The molecule has 0 bridgehead atoms. The highest BCUT2D eigenvalue weighted by Gasteiger charge is 2.36. The van der Waals surface area contributed by atoms with Gasteiger partial charge >= 0.3 is 0 Å². The third-order valence-corrected chi connectivity index (χ3v) is 2.91. The van der Waals surface area contributed by atoms with E-state index in [1.165, 1.54) is 5.56 Å². The number of benzene rings is 1. The summed E-state index contributed by atoms with van der Waals surface area (Å²) in [7, 11) is 0. The Kier molecular flexibility index (Phi) is 3.82. The maximum absolute atomic E-state index is 5.80. The van der Waals surface area contributed by atoms with Crippen LogP contribution in [0.5, 0.6) is 0 Å². The van der Waals surface area contributed by atoms with Gasteiger partial charge in [-0.1, -0.05) is 30.3 Å². The Morgan fingerprint density at radius 1 is 1.35 bits per heavy atom. The van der Waals surface area contributed by atoms with Crippen molar-refractivity contribution in [3.63, 3.8) is 0 Å². The summed E-state index contributed by atoms with van der Waals surface area (Å²) >= 11 is 0. The maximum Gasteiger partial charge on any atom is 0.163 e. The topological polar surface area (TPSA) is 27.7 Å². The van der Waals surface area contributed by atoms with Crippen LogP contribution in [0.15, 0.2) is 30.3 Å². The van der Waals surface area contributed by atoms with Crippen molar-refractivity contribution in [3.05, 3.63) is 35.9 Å². The monoisotopic (exact) mass is 236 g/mol. The molecule has 1 fully saturated rings. The minimum atomic E-state index is -0.477. The van der Waals surface area contributed by atoms with Crippen LogP contribution < -0.4 is 0 Å². The van der Waals surface area contributed by atoms with Crippen molar-refractivity contribution in [2.75, 3.05) is 6.61 Å². The highest BCUT2D eigenvalue weighted by atomic mass is 16.7. The van der Waals surface area contributed by atoms with Crippen LogP contribution in [0.3, 0.4) is 0 Å². The number of ether oxygens (including phenoxy) is 3. The predicted molar refractivity (Wildman–Crippen MR) is 65.6 cm³/mol. The fourth-order valence-corrected chi connectivity index (χ4v) is 1.86. The molecule has 94 valence electrons. The first-order valence-electron chi connectivity index (χ1n) is 6.04. The molecule has 0 aliphatic carbocycles. The van der Waals surface area contributed by atoms with Gasteiger partial charge in [0.05, 0.1) is 19.3 Å². The van der Waals surface area contributed by atoms with Gasteiger partial charge in [-0.25, -0.2) is 0 Å². The molecule has 0 aromatic heterocycles. The van der Waals surface area contributed by atoms with Crippen molar-refractivity contribution in [2.45, 2.75) is 45.4 Å². The minimum Gasteiger partial charge on any atom is -0.371 e. The summed E-state index contributed by atoms with van der Waals surface area (Å²) in [5.74, 6) is -0.477. The first-order valence-corrected chi connectivity index (χ1v) is 6.04. The fraction of sp³-hybridized carbons (Fsp3) is 0.571. The van der Waals surface area contributed by atoms with Gasteiger partial charge in [0.2, 0.25) is 0 Å². The maximum atomic E-state index is 5.80. The first kappa shape index (κ1) is 12.6. The second-order valence-corrected chi connectivity index (χ2v) is 4.87. The summed E-state index contributed by atoms with van der Waals surface area (Å²) in [6, 6.07) is 10.2. The Bertz CT molecular complexity index is 348. The van der Waals surface area contributed by atoms with Crippen molar-refractivity contribution in [1.82, 2.24) is 0 Å². The molecular formula is C14H20O3. The minimum absolute atomic E-state index is 0.0220. The fourth-order valence-electron chi connectivity index (χ4n) is 1.86. The van der Waals surface area contributed by atoms with Gasteiger partial charge in [0.25, 0.3) is 0 Å². The summed E-state index contributed by atoms with van der Waals surface area (Å²) in [5.41, 5.74) is 1.18. The van der Waals surface area contributed by atoms with E-state index < -0.39 is 5.79 Å². The average Bonchev–Trinajstić information content (AvgIpc) is 2.68. The van der Waals surface area contributed by atoms with Gasteiger partial charge in [-0.15, -0.1) is 0 Å². The van der Waals surface area contributed by atoms with Crippen LogP contribution in [-0.4, -0.2) is 24.6 Å². The Morgan fingerprint density at radius 2 is 2.06 bits per heavy atom. The lowest BCUT2D eigenvalue weighted by atomic mass is 10.2. The Labute approximate surface area is 103 Å². The third-order valence-electron chi connectivity index (χ3n) is 2.91. The first-order chi connectivity index (χ1) is 8.07. The number of hydrogen-bond acceptors (Lipinski definition) is 3. The second-order valence-electron chi connectivity index (χ2n) is 4.87. The van der Waals surface area contributed by atoms with Crippen LogP contribution in [0.4, 0.5) is 0 Å². The lowest BCUT2D eigenvalue weighted by molar-refractivity contribution is -0.155. The largest absolute Gasteiger partial charge is 0.371 e. The van der Waals surface area contributed by atoms with Crippen LogP contribution in [0, 0.1) is 0 Å². The SMILES string of the molecule is C[C@@H](OCc1ccccc1)[C@@H]1COC(C)(C)O1. The van der Waals surface area contributed by atoms with Gasteiger partial charge < -0.3 is 14.2 Å². The van der Waals surface area contributed by atoms with Crippen LogP contribution in [0.25, 0.3) is 0 Å². The normalized spacial score (nSPS) is 24.8. The zero-order valence-corrected chi connectivity index (χ0v) is 10.7. The van der Waals surface area contributed by atoms with Gasteiger partial charge in [-0.2, -0.15) is 0 Å². The lowest BCUT2D eigenvalue weighted by Gasteiger charge is -2.21. The molecule has 2 atom stereocenters. The van der Waals surface area contributed by atoms with E-state index in [2.05, 4.69) is 12.1 Å². The Hall–Kier alpha value is -0.900. The van der Waals surface area contributed by atoms with Crippen molar-refractivity contribution < 1.29 is 14.2 Å². The summed E-state index contributed by atoms with van der Waals surface area (Å²) < 4.78 is 17.1. The van der Waals surface area contributed by atoms with Gasteiger partial charge in [0, 0.05) is 0 Å². The number of hydrogen-bond donors (Lipinski definition) is 0. The molecule has 0 saturated carbocycles. The molecule has 1 saturated heterocycles. The molecule has 1 aromatic rings. The lowest BCUT2D eigenvalue weighted by Crippen LogP contribution is -2.30. The van der Waals surface area contributed by atoms with Crippen molar-refractivity contribution >= 4 is 0 Å². The predicted octanol–water partition coefficient (Wildman–Crippen LogP) is 2.74. The molecule has 0 unspecified atom stereocenters. The molecule has 1 heterocycles. The summed E-state index contributed by atoms with van der Waals surface area (Å²) in [6.07, 6.45) is 0.0608. The van der Waals surface area contributed by atoms with Gasteiger partial charge in [0.15, 0.2) is 5.79 Å². The molecular weight excluding hydrogens is 216 g/mol. The molecule has 0 amide bonds.